The van der Waals surface area contributed by atoms with E-state index < -0.39 is 47.6 Å². The fourth-order valence-electron chi connectivity index (χ4n) is 3.64. The van der Waals surface area contributed by atoms with Crippen molar-refractivity contribution in [3.05, 3.63) is 45.0 Å². The molecule has 0 spiro atoms. The molecule has 186 valence electrons. The number of amides is 1. The van der Waals surface area contributed by atoms with Crippen LogP contribution in [0.25, 0.3) is 10.9 Å². The zero-order valence-electron chi connectivity index (χ0n) is 18.7. The largest absolute Gasteiger partial charge is 0.495 e. The summed E-state index contributed by atoms with van der Waals surface area (Å²) < 4.78 is 50.6. The monoisotopic (exact) mass is 512 g/mol. The average Bonchev–Trinajstić information content (AvgIpc) is 3.18. The molecule has 0 saturated carbocycles. The van der Waals surface area contributed by atoms with Gasteiger partial charge < -0.3 is 19.8 Å². The number of pyridine rings is 1. The first-order chi connectivity index (χ1) is 16.5. The lowest BCUT2D eigenvalue weighted by atomic mass is 10.1. The first kappa shape index (κ1) is 24.5. The first-order valence-corrected chi connectivity index (χ1v) is 10.9. The Hall–Kier alpha value is -3.61. The summed E-state index contributed by atoms with van der Waals surface area (Å²) >= 11 is 6.17. The maximum atomic E-state index is 13.5. The summed E-state index contributed by atoms with van der Waals surface area (Å²) in [6.07, 6.45) is -5.34. The smallest absolute Gasteiger partial charge is 0.451 e. The minimum absolute atomic E-state index is 0.00133. The van der Waals surface area contributed by atoms with Gasteiger partial charge in [0.2, 0.25) is 17.7 Å². The number of methoxy groups -OCH3 is 1. The van der Waals surface area contributed by atoms with Crippen molar-refractivity contribution in [3.8, 4) is 5.75 Å². The molecule has 35 heavy (non-hydrogen) atoms. The highest BCUT2D eigenvalue weighted by atomic mass is 35.5. The van der Waals surface area contributed by atoms with Crippen LogP contribution in [0.15, 0.2) is 23.0 Å². The minimum atomic E-state index is -4.90. The highest BCUT2D eigenvalue weighted by molar-refractivity contribution is 6.32. The summed E-state index contributed by atoms with van der Waals surface area (Å²) in [5.74, 6) is -2.07. The van der Waals surface area contributed by atoms with Gasteiger partial charge in [0.15, 0.2) is 0 Å². The zero-order valence-corrected chi connectivity index (χ0v) is 19.5. The van der Waals surface area contributed by atoms with Crippen LogP contribution in [-0.2, 0) is 10.9 Å². The molecule has 0 aliphatic carbocycles. The number of cyclic esters (lactones) is 1. The molecule has 1 aromatic carbocycles. The first-order valence-electron chi connectivity index (χ1n) is 10.5. The molecule has 1 aliphatic heterocycles. The second kappa shape index (κ2) is 9.21. The van der Waals surface area contributed by atoms with Gasteiger partial charge in [0.1, 0.15) is 12.4 Å². The number of hydrogen-bond acceptors (Lipinski definition) is 8. The SMILES string of the molecule is CC[C@H]1COC(=O)N1c1nc(N[C@@H](C)c2cc3cc(Cl)c(OC)cc3[nH]c2=O)nc(C(F)(F)F)n1. The normalized spacial score (nSPS) is 16.9. The summed E-state index contributed by atoms with van der Waals surface area (Å²) in [6.45, 7) is 3.30. The molecule has 0 unspecified atom stereocenters. The van der Waals surface area contributed by atoms with Gasteiger partial charge in [-0.15, -0.1) is 0 Å². The van der Waals surface area contributed by atoms with Gasteiger partial charge >= 0.3 is 12.3 Å². The Labute approximate surface area is 201 Å². The molecule has 14 heteroatoms. The Balaban J connectivity index is 1.72. The molecule has 1 amide bonds. The van der Waals surface area contributed by atoms with Crippen LogP contribution in [0.3, 0.4) is 0 Å². The van der Waals surface area contributed by atoms with Crippen molar-refractivity contribution in [2.45, 2.75) is 38.5 Å². The number of rotatable bonds is 6. The number of H-pyrrole nitrogens is 1. The van der Waals surface area contributed by atoms with Gasteiger partial charge in [0.25, 0.3) is 5.56 Å². The lowest BCUT2D eigenvalue weighted by molar-refractivity contribution is -0.144. The van der Waals surface area contributed by atoms with E-state index in [1.807, 2.05) is 0 Å². The van der Waals surface area contributed by atoms with E-state index in [-0.39, 0.29) is 12.2 Å². The number of benzene rings is 1. The zero-order chi connectivity index (χ0) is 25.5. The quantitative estimate of drug-likeness (QED) is 0.501. The molecule has 2 aromatic heterocycles. The standard InChI is InChI=1S/C21H20ClF3N6O4/c1-4-11-8-35-20(33)31(11)19-29-17(21(23,24)25)28-18(30-19)26-9(2)12-5-10-6-13(22)15(34-3)7-14(10)27-16(12)32/h5-7,9,11H,4,8H2,1-3H3,(H,27,32)(H,26,28,29,30)/t9-,11-/m0/s1. The summed E-state index contributed by atoms with van der Waals surface area (Å²) in [4.78, 5) is 39.4. The molecule has 4 rings (SSSR count). The molecular weight excluding hydrogens is 493 g/mol. The van der Waals surface area contributed by atoms with Crippen molar-refractivity contribution in [3.63, 3.8) is 0 Å². The third-order valence-electron chi connectivity index (χ3n) is 5.48. The van der Waals surface area contributed by atoms with E-state index in [1.54, 1.807) is 32.0 Å². The maximum absolute atomic E-state index is 13.5. The molecule has 10 nitrogen and oxygen atoms in total. The van der Waals surface area contributed by atoms with Crippen molar-refractivity contribution in [2.75, 3.05) is 23.9 Å². The number of aromatic amines is 1. The van der Waals surface area contributed by atoms with Crippen LogP contribution in [-0.4, -0.2) is 45.8 Å². The van der Waals surface area contributed by atoms with E-state index in [4.69, 9.17) is 21.1 Å². The number of anilines is 2. The van der Waals surface area contributed by atoms with Crippen LogP contribution in [0.2, 0.25) is 5.02 Å². The lowest BCUT2D eigenvalue weighted by Crippen LogP contribution is -2.35. The molecular formula is C21H20ClF3N6O4. The number of alkyl halides is 3. The predicted octanol–water partition coefficient (Wildman–Crippen LogP) is 4.30. The number of fused-ring (bicyclic) bond motifs is 1. The van der Waals surface area contributed by atoms with E-state index in [0.717, 1.165) is 4.90 Å². The van der Waals surface area contributed by atoms with Crippen molar-refractivity contribution in [2.24, 2.45) is 0 Å². The fraction of sp³-hybridized carbons (Fsp3) is 0.381. The number of hydrogen-bond donors (Lipinski definition) is 2. The van der Waals surface area contributed by atoms with E-state index in [2.05, 4.69) is 25.3 Å². The lowest BCUT2D eigenvalue weighted by Gasteiger charge is -2.20. The third-order valence-corrected chi connectivity index (χ3v) is 5.78. The molecule has 2 N–H and O–H groups in total. The Morgan fingerprint density at radius 2 is 2.03 bits per heavy atom. The van der Waals surface area contributed by atoms with Gasteiger partial charge in [-0.05, 0) is 25.5 Å². The average molecular weight is 513 g/mol. The Morgan fingerprint density at radius 1 is 1.29 bits per heavy atom. The highest BCUT2D eigenvalue weighted by Gasteiger charge is 2.40. The topological polar surface area (TPSA) is 122 Å². The van der Waals surface area contributed by atoms with Gasteiger partial charge in [-0.3, -0.25) is 4.79 Å². The number of aromatic nitrogens is 4. The maximum Gasteiger partial charge on any atom is 0.451 e. The van der Waals surface area contributed by atoms with Crippen LogP contribution in [0.5, 0.6) is 5.75 Å². The van der Waals surface area contributed by atoms with Gasteiger partial charge in [-0.25, -0.2) is 9.69 Å². The molecule has 3 heterocycles. The number of ether oxygens (including phenoxy) is 2. The molecule has 0 radical (unpaired) electrons. The number of carbonyl (C=O) groups excluding carboxylic acids is 1. The van der Waals surface area contributed by atoms with E-state index in [0.29, 0.717) is 28.1 Å². The second-order valence-corrected chi connectivity index (χ2v) is 8.19. The Morgan fingerprint density at radius 3 is 2.69 bits per heavy atom. The van der Waals surface area contributed by atoms with Gasteiger partial charge in [-0.2, -0.15) is 28.1 Å². The summed E-state index contributed by atoms with van der Waals surface area (Å²) in [5, 5.41) is 3.60. The second-order valence-electron chi connectivity index (χ2n) is 7.78. The number of nitrogens with zero attached hydrogens (tertiary/aromatic N) is 4. The molecule has 1 saturated heterocycles. The van der Waals surface area contributed by atoms with Crippen LogP contribution >= 0.6 is 11.6 Å². The van der Waals surface area contributed by atoms with Crippen molar-refractivity contribution in [1.82, 2.24) is 19.9 Å². The summed E-state index contributed by atoms with van der Waals surface area (Å²) in [7, 11) is 1.44. The van der Waals surface area contributed by atoms with Crippen molar-refractivity contribution >= 4 is 40.5 Å². The summed E-state index contributed by atoms with van der Waals surface area (Å²) in [5.41, 5.74) is 0.176. The Kier molecular flexibility index (Phi) is 6.45. The molecule has 2 atom stereocenters. The highest BCUT2D eigenvalue weighted by Crippen LogP contribution is 2.32. The fourth-order valence-corrected chi connectivity index (χ4v) is 3.89. The minimum Gasteiger partial charge on any atom is -0.495 e. The molecule has 3 aromatic rings. The number of nitrogens with one attached hydrogen (secondary N) is 2. The number of carbonyl (C=O) groups is 1. The molecule has 1 aliphatic rings. The van der Waals surface area contributed by atoms with Crippen LogP contribution in [0.4, 0.5) is 29.9 Å². The van der Waals surface area contributed by atoms with Crippen LogP contribution in [0, 0.1) is 0 Å². The predicted molar refractivity (Wildman–Crippen MR) is 121 cm³/mol. The van der Waals surface area contributed by atoms with E-state index in [1.165, 1.54) is 7.11 Å². The van der Waals surface area contributed by atoms with Crippen LogP contribution in [0.1, 0.15) is 37.7 Å². The molecule has 1 fully saturated rings. The molecule has 0 bridgehead atoms. The van der Waals surface area contributed by atoms with E-state index >= 15 is 0 Å². The number of halogens is 4. The van der Waals surface area contributed by atoms with Gasteiger partial charge in [0.05, 0.1) is 29.7 Å². The van der Waals surface area contributed by atoms with Crippen LogP contribution < -0.4 is 20.5 Å². The summed E-state index contributed by atoms with van der Waals surface area (Å²) in [6, 6.07) is 3.35. The van der Waals surface area contributed by atoms with E-state index in [9.17, 15) is 22.8 Å². The van der Waals surface area contributed by atoms with Crippen molar-refractivity contribution in [1.29, 1.82) is 0 Å². The third kappa shape index (κ3) is 4.81. The van der Waals surface area contributed by atoms with Crippen molar-refractivity contribution < 1.29 is 27.4 Å². The van der Waals surface area contributed by atoms with Gasteiger partial charge in [-0.1, -0.05) is 18.5 Å². The Bertz CT molecular complexity index is 1350. The van der Waals surface area contributed by atoms with Gasteiger partial charge in [0, 0.05) is 17.0 Å².